The SMILES string of the molecule is CCC1CN(c2ccc3c(c2)Cn2cc(-c4ccc(C#N)cc4)cc2-c2nccn2-3)C1. The maximum Gasteiger partial charge on any atom is 0.161 e. The third-order valence-electron chi connectivity index (χ3n) is 6.68. The number of hydrogen-bond acceptors (Lipinski definition) is 3. The van der Waals surface area contributed by atoms with Gasteiger partial charge in [-0.3, -0.25) is 4.57 Å². The van der Waals surface area contributed by atoms with Gasteiger partial charge in [0.2, 0.25) is 0 Å². The number of aromatic nitrogens is 3. The zero-order valence-electron chi connectivity index (χ0n) is 17.5. The van der Waals surface area contributed by atoms with Gasteiger partial charge in [0.25, 0.3) is 0 Å². The van der Waals surface area contributed by atoms with Crippen LogP contribution in [0.25, 0.3) is 28.3 Å². The van der Waals surface area contributed by atoms with Crippen molar-refractivity contribution >= 4 is 5.69 Å². The van der Waals surface area contributed by atoms with Gasteiger partial charge in [-0.25, -0.2) is 4.98 Å². The Bertz CT molecular complexity index is 1310. The highest BCUT2D eigenvalue weighted by atomic mass is 15.2. The molecule has 2 aliphatic rings. The Hall–Kier alpha value is -3.78. The van der Waals surface area contributed by atoms with E-state index in [1.807, 2.05) is 30.5 Å². The number of nitrogens with zero attached hydrogens (tertiary/aromatic N) is 5. The van der Waals surface area contributed by atoms with Gasteiger partial charge in [0.1, 0.15) is 0 Å². The molecule has 0 bridgehead atoms. The van der Waals surface area contributed by atoms with Gasteiger partial charge in [-0.2, -0.15) is 5.26 Å². The fourth-order valence-corrected chi connectivity index (χ4v) is 4.76. The Kier molecular flexibility index (Phi) is 4.00. The van der Waals surface area contributed by atoms with Gasteiger partial charge in [0.05, 0.1) is 23.0 Å². The molecule has 1 saturated heterocycles. The second-order valence-corrected chi connectivity index (χ2v) is 8.54. The maximum absolute atomic E-state index is 9.08. The van der Waals surface area contributed by atoms with Gasteiger partial charge in [-0.15, -0.1) is 0 Å². The highest BCUT2D eigenvalue weighted by molar-refractivity contribution is 5.72. The summed E-state index contributed by atoms with van der Waals surface area (Å²) in [6.45, 7) is 5.40. The quantitative estimate of drug-likeness (QED) is 0.420. The highest BCUT2D eigenvalue weighted by Gasteiger charge is 2.27. The molecule has 4 aromatic rings. The van der Waals surface area contributed by atoms with Crippen LogP contribution in [-0.4, -0.2) is 27.2 Å². The summed E-state index contributed by atoms with van der Waals surface area (Å²) in [6.07, 6.45) is 7.38. The number of rotatable bonds is 3. The molecule has 5 nitrogen and oxygen atoms in total. The Morgan fingerprint density at radius 3 is 2.68 bits per heavy atom. The normalized spacial score (nSPS) is 14.8. The molecule has 2 aromatic carbocycles. The van der Waals surface area contributed by atoms with Crippen LogP contribution in [0.2, 0.25) is 0 Å². The van der Waals surface area contributed by atoms with Crippen molar-refractivity contribution in [2.45, 2.75) is 19.9 Å². The fourth-order valence-electron chi connectivity index (χ4n) is 4.76. The van der Waals surface area contributed by atoms with Crippen molar-refractivity contribution < 1.29 is 0 Å². The lowest BCUT2D eigenvalue weighted by Crippen LogP contribution is -2.46. The first-order valence-corrected chi connectivity index (χ1v) is 10.9. The number of anilines is 1. The zero-order chi connectivity index (χ0) is 20.9. The molecule has 0 amide bonds. The monoisotopic (exact) mass is 405 g/mol. The van der Waals surface area contributed by atoms with Crippen LogP contribution < -0.4 is 4.90 Å². The zero-order valence-corrected chi connectivity index (χ0v) is 17.5. The minimum Gasteiger partial charge on any atom is -0.371 e. The molecule has 0 atom stereocenters. The predicted octanol–water partition coefficient (Wildman–Crippen LogP) is 5.09. The van der Waals surface area contributed by atoms with Crippen molar-refractivity contribution in [1.82, 2.24) is 14.1 Å². The second-order valence-electron chi connectivity index (χ2n) is 8.54. The van der Waals surface area contributed by atoms with Crippen LogP contribution in [0.5, 0.6) is 0 Å². The summed E-state index contributed by atoms with van der Waals surface area (Å²) < 4.78 is 4.50. The van der Waals surface area contributed by atoms with Gasteiger partial charge >= 0.3 is 0 Å². The highest BCUT2D eigenvalue weighted by Crippen LogP contribution is 2.36. The van der Waals surface area contributed by atoms with E-state index >= 15 is 0 Å². The van der Waals surface area contributed by atoms with E-state index in [1.165, 1.54) is 23.4 Å². The molecular weight excluding hydrogens is 382 g/mol. The first-order chi connectivity index (χ1) is 15.2. The molecule has 0 aliphatic carbocycles. The Labute approximate surface area is 181 Å². The lowest BCUT2D eigenvalue weighted by molar-refractivity contribution is 0.399. The Morgan fingerprint density at radius 2 is 1.90 bits per heavy atom. The van der Waals surface area contributed by atoms with Gasteiger partial charge in [0.15, 0.2) is 5.82 Å². The van der Waals surface area contributed by atoms with Crippen molar-refractivity contribution in [2.75, 3.05) is 18.0 Å². The fraction of sp³-hybridized carbons (Fsp3) is 0.231. The maximum atomic E-state index is 9.08. The lowest BCUT2D eigenvalue weighted by atomic mass is 9.96. The van der Waals surface area contributed by atoms with Gasteiger partial charge in [-0.05, 0) is 59.9 Å². The Balaban J connectivity index is 1.42. The third-order valence-corrected chi connectivity index (χ3v) is 6.68. The molecular formula is C26H23N5. The van der Waals surface area contributed by atoms with E-state index < -0.39 is 0 Å². The van der Waals surface area contributed by atoms with Crippen LogP contribution in [0.1, 0.15) is 24.5 Å². The molecule has 4 heterocycles. The van der Waals surface area contributed by atoms with Gasteiger partial charge in [-0.1, -0.05) is 19.1 Å². The molecule has 31 heavy (non-hydrogen) atoms. The summed E-state index contributed by atoms with van der Waals surface area (Å²) >= 11 is 0. The summed E-state index contributed by atoms with van der Waals surface area (Å²) in [5.41, 5.74) is 7.85. The average molecular weight is 406 g/mol. The first-order valence-electron chi connectivity index (χ1n) is 10.9. The number of fused-ring (bicyclic) bond motifs is 5. The molecule has 5 heteroatoms. The van der Waals surface area contributed by atoms with E-state index in [2.05, 4.69) is 68.7 Å². The van der Waals surface area contributed by atoms with Crippen molar-refractivity contribution in [2.24, 2.45) is 5.92 Å². The first kappa shape index (κ1) is 18.0. The predicted molar refractivity (Wildman–Crippen MR) is 122 cm³/mol. The summed E-state index contributed by atoms with van der Waals surface area (Å²) in [6, 6.07) is 19.0. The Morgan fingerprint density at radius 1 is 1.06 bits per heavy atom. The molecule has 0 unspecified atom stereocenters. The largest absolute Gasteiger partial charge is 0.371 e. The average Bonchev–Trinajstić information content (AvgIpc) is 3.38. The minimum absolute atomic E-state index is 0.679. The number of hydrogen-bond donors (Lipinski definition) is 0. The summed E-state index contributed by atoms with van der Waals surface area (Å²) in [7, 11) is 0. The number of benzene rings is 2. The summed E-state index contributed by atoms with van der Waals surface area (Å²) in [5.74, 6) is 1.78. The number of imidazole rings is 1. The van der Waals surface area contributed by atoms with Crippen molar-refractivity contribution in [3.8, 4) is 34.4 Å². The molecule has 1 fully saturated rings. The molecule has 6 rings (SSSR count). The molecule has 0 saturated carbocycles. The second kappa shape index (κ2) is 6.88. The topological polar surface area (TPSA) is 49.8 Å². The van der Waals surface area contributed by atoms with Crippen molar-refractivity contribution in [1.29, 1.82) is 5.26 Å². The molecule has 0 N–H and O–H groups in total. The molecule has 0 radical (unpaired) electrons. The van der Waals surface area contributed by atoms with Crippen molar-refractivity contribution in [3.05, 3.63) is 78.2 Å². The van der Waals surface area contributed by atoms with Crippen LogP contribution in [0.3, 0.4) is 0 Å². The van der Waals surface area contributed by atoms with E-state index in [1.54, 1.807) is 0 Å². The molecule has 0 spiro atoms. The van der Waals surface area contributed by atoms with Crippen LogP contribution in [0.15, 0.2) is 67.1 Å². The van der Waals surface area contributed by atoms with Gasteiger partial charge < -0.3 is 9.47 Å². The lowest BCUT2D eigenvalue weighted by Gasteiger charge is -2.41. The van der Waals surface area contributed by atoms with Crippen LogP contribution in [-0.2, 0) is 6.54 Å². The van der Waals surface area contributed by atoms with Gasteiger partial charge in [0, 0.05) is 49.5 Å². The smallest absolute Gasteiger partial charge is 0.161 e. The summed E-state index contributed by atoms with van der Waals surface area (Å²) in [5, 5.41) is 9.08. The number of nitriles is 1. The molecule has 152 valence electrons. The standard InChI is InChI=1S/C26H23N5/c1-2-18-14-29(15-18)23-7-8-24-22(11-23)17-30-16-21(20-5-3-19(13-27)4-6-20)12-25(30)26-28-9-10-31(24)26/h3-12,16,18H,2,14-15,17H2,1H3. The van der Waals surface area contributed by atoms with Crippen LogP contribution in [0.4, 0.5) is 5.69 Å². The van der Waals surface area contributed by atoms with E-state index in [9.17, 15) is 0 Å². The minimum atomic E-state index is 0.679. The summed E-state index contributed by atoms with van der Waals surface area (Å²) in [4.78, 5) is 7.16. The third kappa shape index (κ3) is 2.87. The molecule has 2 aromatic heterocycles. The van der Waals surface area contributed by atoms with Crippen LogP contribution in [0, 0.1) is 17.2 Å². The van der Waals surface area contributed by atoms with Crippen molar-refractivity contribution in [3.63, 3.8) is 0 Å². The van der Waals surface area contributed by atoms with E-state index in [0.29, 0.717) is 5.56 Å². The van der Waals surface area contributed by atoms with E-state index in [-0.39, 0.29) is 0 Å². The van der Waals surface area contributed by atoms with E-state index in [4.69, 9.17) is 5.26 Å². The van der Waals surface area contributed by atoms with Crippen LogP contribution >= 0.6 is 0 Å². The molecule has 2 aliphatic heterocycles. The van der Waals surface area contributed by atoms with E-state index in [0.717, 1.165) is 48.2 Å².